The number of allylic oxidation sites excluding steroid dienone is 1. The molecule has 0 aliphatic carbocycles. The molecule has 0 unspecified atom stereocenters. The quantitative estimate of drug-likeness (QED) is 0.733. The zero-order valence-electron chi connectivity index (χ0n) is 11.9. The third kappa shape index (κ3) is 2.96. The van der Waals surface area contributed by atoms with Crippen molar-refractivity contribution in [3.63, 3.8) is 0 Å². The summed E-state index contributed by atoms with van der Waals surface area (Å²) in [5.41, 5.74) is 2.75. The lowest BCUT2D eigenvalue weighted by Crippen LogP contribution is -2.03. The fourth-order valence-electron chi connectivity index (χ4n) is 2.24. The molecule has 0 bridgehead atoms. The highest BCUT2D eigenvalue weighted by Gasteiger charge is 2.10. The summed E-state index contributed by atoms with van der Waals surface area (Å²) in [5.74, 6) is 0.528. The van der Waals surface area contributed by atoms with Gasteiger partial charge in [0.05, 0.1) is 18.1 Å². The zero-order chi connectivity index (χ0) is 15.2. The molecule has 0 atom stereocenters. The molecule has 5 heteroatoms. The molecule has 3 rings (SSSR count). The minimum atomic E-state index is 0.528. The second-order valence-electron chi connectivity index (χ2n) is 4.69. The Labute approximate surface area is 127 Å². The van der Waals surface area contributed by atoms with Crippen molar-refractivity contribution in [1.29, 1.82) is 5.26 Å². The standard InChI is InChI=1S/C17H14N4O/c18-9-4-7-14-11-19-16-15(14)17(21-12-20-16)22-10-8-13-5-2-1-3-6-13/h1-7,11-12H,8,10H2,(H,19,20,21)/b7-4-. The Morgan fingerprint density at radius 3 is 2.91 bits per heavy atom. The van der Waals surface area contributed by atoms with Crippen molar-refractivity contribution in [2.45, 2.75) is 6.42 Å². The summed E-state index contributed by atoms with van der Waals surface area (Å²) in [7, 11) is 0. The van der Waals surface area contributed by atoms with Gasteiger partial charge in [-0.1, -0.05) is 30.3 Å². The Kier molecular flexibility index (Phi) is 4.12. The molecular formula is C17H14N4O. The van der Waals surface area contributed by atoms with E-state index in [1.165, 1.54) is 18.0 Å². The van der Waals surface area contributed by atoms with Crippen LogP contribution in [0.5, 0.6) is 5.88 Å². The molecular weight excluding hydrogens is 276 g/mol. The SMILES string of the molecule is N#C/C=C\c1c[nH]c2ncnc(OCCc3ccccc3)c12. The minimum Gasteiger partial charge on any atom is -0.477 e. The van der Waals surface area contributed by atoms with E-state index in [0.717, 1.165) is 17.4 Å². The lowest BCUT2D eigenvalue weighted by molar-refractivity contribution is 0.313. The van der Waals surface area contributed by atoms with Gasteiger partial charge in [0, 0.05) is 24.3 Å². The number of nitrogens with zero attached hydrogens (tertiary/aromatic N) is 3. The molecule has 5 nitrogen and oxygen atoms in total. The maximum Gasteiger partial charge on any atom is 0.226 e. The van der Waals surface area contributed by atoms with E-state index >= 15 is 0 Å². The van der Waals surface area contributed by atoms with Crippen LogP contribution in [0.2, 0.25) is 0 Å². The van der Waals surface area contributed by atoms with E-state index < -0.39 is 0 Å². The number of hydrogen-bond acceptors (Lipinski definition) is 4. The Balaban J connectivity index is 1.80. The van der Waals surface area contributed by atoms with Gasteiger partial charge in [0.25, 0.3) is 0 Å². The first-order valence-corrected chi connectivity index (χ1v) is 6.93. The summed E-state index contributed by atoms with van der Waals surface area (Å²) in [6.45, 7) is 0.530. The third-order valence-electron chi connectivity index (χ3n) is 3.28. The lowest BCUT2D eigenvalue weighted by atomic mass is 10.2. The molecule has 0 saturated carbocycles. The van der Waals surface area contributed by atoms with Crippen LogP contribution in [0.3, 0.4) is 0 Å². The second-order valence-corrected chi connectivity index (χ2v) is 4.69. The van der Waals surface area contributed by atoms with Crippen LogP contribution in [-0.2, 0) is 6.42 Å². The summed E-state index contributed by atoms with van der Waals surface area (Å²) in [5, 5.41) is 9.46. The molecule has 0 aliphatic rings. The Morgan fingerprint density at radius 1 is 1.23 bits per heavy atom. The van der Waals surface area contributed by atoms with Gasteiger partial charge in [-0.05, 0) is 11.6 Å². The monoisotopic (exact) mass is 290 g/mol. The van der Waals surface area contributed by atoms with Crippen LogP contribution in [-0.4, -0.2) is 21.6 Å². The van der Waals surface area contributed by atoms with Gasteiger partial charge < -0.3 is 9.72 Å². The van der Waals surface area contributed by atoms with Crippen molar-refractivity contribution < 1.29 is 4.74 Å². The van der Waals surface area contributed by atoms with E-state index in [9.17, 15) is 0 Å². The van der Waals surface area contributed by atoms with Gasteiger partial charge in [0.15, 0.2) is 0 Å². The first-order valence-electron chi connectivity index (χ1n) is 6.93. The van der Waals surface area contributed by atoms with Crippen LogP contribution in [0.15, 0.2) is 48.9 Å². The molecule has 108 valence electrons. The highest BCUT2D eigenvalue weighted by molar-refractivity contribution is 5.90. The van der Waals surface area contributed by atoms with Gasteiger partial charge in [-0.3, -0.25) is 0 Å². The average Bonchev–Trinajstić information content (AvgIpc) is 2.98. The Morgan fingerprint density at radius 2 is 2.09 bits per heavy atom. The Bertz CT molecular complexity index is 831. The van der Waals surface area contributed by atoms with Gasteiger partial charge in [0.1, 0.15) is 12.0 Å². The van der Waals surface area contributed by atoms with Crippen LogP contribution < -0.4 is 4.74 Å². The predicted octanol–water partition coefficient (Wildman–Crippen LogP) is 3.12. The van der Waals surface area contributed by atoms with E-state index in [2.05, 4.69) is 27.1 Å². The minimum absolute atomic E-state index is 0.528. The average molecular weight is 290 g/mol. The van der Waals surface area contributed by atoms with Crippen molar-refractivity contribution in [2.24, 2.45) is 0 Å². The van der Waals surface area contributed by atoms with E-state index in [0.29, 0.717) is 18.1 Å². The number of hydrogen-bond donors (Lipinski definition) is 1. The van der Waals surface area contributed by atoms with Crippen molar-refractivity contribution in [1.82, 2.24) is 15.0 Å². The number of H-pyrrole nitrogens is 1. The number of nitriles is 1. The lowest BCUT2D eigenvalue weighted by Gasteiger charge is -2.06. The smallest absolute Gasteiger partial charge is 0.226 e. The predicted molar refractivity (Wildman–Crippen MR) is 84.2 cm³/mol. The van der Waals surface area contributed by atoms with Crippen molar-refractivity contribution in [3.8, 4) is 11.9 Å². The van der Waals surface area contributed by atoms with E-state index in [4.69, 9.17) is 10.00 Å². The zero-order valence-corrected chi connectivity index (χ0v) is 11.9. The first kappa shape index (κ1) is 13.8. The highest BCUT2D eigenvalue weighted by atomic mass is 16.5. The molecule has 2 heterocycles. The van der Waals surface area contributed by atoms with Crippen molar-refractivity contribution in [3.05, 3.63) is 60.1 Å². The van der Waals surface area contributed by atoms with E-state index in [1.807, 2.05) is 24.3 Å². The van der Waals surface area contributed by atoms with Gasteiger partial charge in [-0.15, -0.1) is 0 Å². The summed E-state index contributed by atoms with van der Waals surface area (Å²) in [6, 6.07) is 12.1. The van der Waals surface area contributed by atoms with Gasteiger partial charge >= 0.3 is 0 Å². The van der Waals surface area contributed by atoms with Crippen LogP contribution >= 0.6 is 0 Å². The molecule has 2 aromatic heterocycles. The number of aromatic amines is 1. The number of ether oxygens (including phenoxy) is 1. The third-order valence-corrected chi connectivity index (χ3v) is 3.28. The number of rotatable bonds is 5. The summed E-state index contributed by atoms with van der Waals surface area (Å²) in [6.07, 6.45) is 7.20. The van der Waals surface area contributed by atoms with E-state index in [-0.39, 0.29) is 0 Å². The number of nitrogens with one attached hydrogen (secondary N) is 1. The van der Waals surface area contributed by atoms with Gasteiger partial charge in [-0.25, -0.2) is 9.97 Å². The van der Waals surface area contributed by atoms with Crippen LogP contribution in [0.25, 0.3) is 17.1 Å². The maximum atomic E-state index is 8.66. The molecule has 22 heavy (non-hydrogen) atoms. The highest BCUT2D eigenvalue weighted by Crippen LogP contribution is 2.26. The molecule has 1 N–H and O–H groups in total. The van der Waals surface area contributed by atoms with Crippen LogP contribution in [0.1, 0.15) is 11.1 Å². The summed E-state index contributed by atoms with van der Waals surface area (Å²) < 4.78 is 5.81. The largest absolute Gasteiger partial charge is 0.477 e. The van der Waals surface area contributed by atoms with Crippen LogP contribution in [0, 0.1) is 11.3 Å². The molecule has 3 aromatic rings. The normalized spacial score (nSPS) is 10.9. The molecule has 0 radical (unpaired) electrons. The molecule has 0 fully saturated rings. The number of fused-ring (bicyclic) bond motifs is 1. The Hall–Kier alpha value is -3.13. The number of aromatic nitrogens is 3. The van der Waals surface area contributed by atoms with Crippen molar-refractivity contribution >= 4 is 17.1 Å². The summed E-state index contributed by atoms with van der Waals surface area (Å²) >= 11 is 0. The van der Waals surface area contributed by atoms with Gasteiger partial charge in [0.2, 0.25) is 5.88 Å². The fraction of sp³-hybridized carbons (Fsp3) is 0.118. The second kappa shape index (κ2) is 6.55. The number of benzene rings is 1. The summed E-state index contributed by atoms with van der Waals surface area (Å²) in [4.78, 5) is 11.4. The van der Waals surface area contributed by atoms with Crippen molar-refractivity contribution in [2.75, 3.05) is 6.61 Å². The first-order chi connectivity index (χ1) is 10.9. The topological polar surface area (TPSA) is 74.6 Å². The van der Waals surface area contributed by atoms with Crippen LogP contribution in [0.4, 0.5) is 0 Å². The van der Waals surface area contributed by atoms with Gasteiger partial charge in [-0.2, -0.15) is 5.26 Å². The molecule has 0 saturated heterocycles. The molecule has 0 spiro atoms. The fourth-order valence-corrected chi connectivity index (χ4v) is 2.24. The molecule has 0 amide bonds. The maximum absolute atomic E-state index is 8.66. The van der Waals surface area contributed by atoms with E-state index in [1.54, 1.807) is 12.3 Å². The molecule has 0 aliphatic heterocycles. The molecule has 1 aromatic carbocycles.